The third-order valence-electron chi connectivity index (χ3n) is 3.79. The van der Waals surface area contributed by atoms with E-state index >= 15 is 0 Å². The molecule has 0 spiro atoms. The molecule has 0 fully saturated rings. The second-order valence-corrected chi connectivity index (χ2v) is 8.04. The number of hydrogen-bond acceptors (Lipinski definition) is 3. The molecule has 2 aromatic rings. The summed E-state index contributed by atoms with van der Waals surface area (Å²) in [5.41, 5.74) is 1.62. The van der Waals surface area contributed by atoms with Crippen LogP contribution in [0.25, 0.3) is 0 Å². The van der Waals surface area contributed by atoms with Crippen molar-refractivity contribution in [3.63, 3.8) is 0 Å². The zero-order chi connectivity index (χ0) is 19.3. The Morgan fingerprint density at radius 1 is 0.808 bits per heavy atom. The summed E-state index contributed by atoms with van der Waals surface area (Å²) in [7, 11) is 0. The summed E-state index contributed by atoms with van der Waals surface area (Å²) in [6.45, 7) is 2.14. The molecule has 0 heterocycles. The highest BCUT2D eigenvalue weighted by molar-refractivity contribution is 6.84. The predicted molar refractivity (Wildman–Crippen MR) is 110 cm³/mol. The fourth-order valence-corrected chi connectivity index (χ4v) is 3.14. The maximum absolute atomic E-state index is 12.0. The SMILES string of the molecule is CC(=O)C(C(C)=O)=C(NB(c1ccccc1)c1ccccc1)C(Cl)(Cl)Cl. The Labute approximate surface area is 168 Å². The number of carbonyl (C=O) groups excluding carboxylic acids is 2. The maximum atomic E-state index is 12.0. The molecular weight excluding hydrogens is 391 g/mol. The van der Waals surface area contributed by atoms with E-state index in [1.165, 1.54) is 13.8 Å². The molecule has 0 aliphatic carbocycles. The van der Waals surface area contributed by atoms with E-state index in [9.17, 15) is 9.59 Å². The van der Waals surface area contributed by atoms with Crippen LogP contribution in [0, 0.1) is 0 Å². The number of benzene rings is 2. The van der Waals surface area contributed by atoms with E-state index in [1.807, 2.05) is 60.7 Å². The Hall–Kier alpha value is -1.75. The van der Waals surface area contributed by atoms with Crippen molar-refractivity contribution < 1.29 is 9.59 Å². The molecule has 1 N–H and O–H groups in total. The van der Waals surface area contributed by atoms with Crippen LogP contribution in [0.4, 0.5) is 0 Å². The highest BCUT2D eigenvalue weighted by Crippen LogP contribution is 2.35. The molecule has 0 radical (unpaired) electrons. The number of ketones is 2. The molecule has 0 atom stereocenters. The number of alkyl halides is 3. The fourth-order valence-electron chi connectivity index (χ4n) is 2.69. The number of hydrogen-bond donors (Lipinski definition) is 1. The average molecular weight is 409 g/mol. The monoisotopic (exact) mass is 407 g/mol. The van der Waals surface area contributed by atoms with Gasteiger partial charge in [-0.3, -0.25) is 9.59 Å². The number of allylic oxidation sites excluding steroid dienone is 2. The first kappa shape index (κ1) is 20.6. The molecule has 2 aromatic carbocycles. The molecule has 0 aliphatic heterocycles. The van der Waals surface area contributed by atoms with Crippen molar-refractivity contribution in [3.8, 4) is 0 Å². The molecule has 0 amide bonds. The van der Waals surface area contributed by atoms with Gasteiger partial charge >= 0.3 is 6.85 Å². The summed E-state index contributed by atoms with van der Waals surface area (Å²) in [6, 6.07) is 19.0. The topological polar surface area (TPSA) is 46.2 Å². The summed E-state index contributed by atoms with van der Waals surface area (Å²) in [5.74, 6) is -0.933. The van der Waals surface area contributed by atoms with Gasteiger partial charge in [-0.1, -0.05) is 106 Å². The van der Waals surface area contributed by atoms with Gasteiger partial charge in [-0.05, 0) is 13.8 Å². The third kappa shape index (κ3) is 5.13. The molecule has 3 nitrogen and oxygen atoms in total. The second kappa shape index (κ2) is 8.76. The van der Waals surface area contributed by atoms with Crippen molar-refractivity contribution >= 4 is 64.1 Å². The average Bonchev–Trinajstić information content (AvgIpc) is 2.58. The molecule has 0 bridgehead atoms. The van der Waals surface area contributed by atoms with Gasteiger partial charge in [-0.25, -0.2) is 0 Å². The number of Topliss-reactive ketones (excluding diaryl/α,β-unsaturated/α-hetero) is 2. The van der Waals surface area contributed by atoms with Crippen molar-refractivity contribution in [2.24, 2.45) is 0 Å². The molecule has 134 valence electrons. The van der Waals surface area contributed by atoms with Crippen LogP contribution < -0.4 is 16.2 Å². The van der Waals surface area contributed by atoms with Gasteiger partial charge in [0.1, 0.15) is 0 Å². The summed E-state index contributed by atoms with van der Waals surface area (Å²) >= 11 is 18.3. The van der Waals surface area contributed by atoms with Crippen LogP contribution in [0.3, 0.4) is 0 Å². The van der Waals surface area contributed by atoms with Crippen molar-refractivity contribution in [2.75, 3.05) is 0 Å². The number of rotatable bonds is 6. The molecule has 0 aliphatic rings. The second-order valence-electron chi connectivity index (χ2n) is 5.76. The number of halogens is 3. The van der Waals surface area contributed by atoms with E-state index < -0.39 is 22.2 Å². The number of nitrogens with one attached hydrogen (secondary N) is 1. The van der Waals surface area contributed by atoms with Crippen LogP contribution in [-0.2, 0) is 9.59 Å². The van der Waals surface area contributed by atoms with E-state index in [0.29, 0.717) is 0 Å². The van der Waals surface area contributed by atoms with Crippen molar-refractivity contribution in [1.29, 1.82) is 0 Å². The van der Waals surface area contributed by atoms with Gasteiger partial charge in [-0.15, -0.1) is 0 Å². The maximum Gasteiger partial charge on any atom is 0.320 e. The van der Waals surface area contributed by atoms with E-state index in [0.717, 1.165) is 10.9 Å². The lowest BCUT2D eigenvalue weighted by Gasteiger charge is -2.26. The van der Waals surface area contributed by atoms with Crippen LogP contribution in [-0.4, -0.2) is 22.2 Å². The lowest BCUT2D eigenvalue weighted by molar-refractivity contribution is -0.119. The van der Waals surface area contributed by atoms with Gasteiger partial charge < -0.3 is 5.23 Å². The molecule has 0 saturated carbocycles. The third-order valence-corrected chi connectivity index (χ3v) is 4.36. The normalized spacial score (nSPS) is 10.8. The quantitative estimate of drug-likeness (QED) is 0.263. The minimum Gasteiger partial charge on any atom is -0.419 e. The molecule has 0 unspecified atom stereocenters. The van der Waals surface area contributed by atoms with Gasteiger partial charge in [-0.2, -0.15) is 0 Å². The zero-order valence-electron chi connectivity index (χ0n) is 14.3. The van der Waals surface area contributed by atoms with Gasteiger partial charge in [0.2, 0.25) is 3.79 Å². The molecule has 7 heteroatoms. The van der Waals surface area contributed by atoms with Crippen molar-refractivity contribution in [3.05, 3.63) is 71.9 Å². The standard InChI is InChI=1S/C19H17BCl3NO2/c1-13(25)17(14(2)26)18(19(21,22)23)24-20(15-9-5-3-6-10-15)16-11-7-4-8-12-16/h3-12,24H,1-2H3. The summed E-state index contributed by atoms with van der Waals surface area (Å²) in [5, 5.41) is 3.13. The van der Waals surface area contributed by atoms with E-state index in [-0.39, 0.29) is 11.3 Å². The Morgan fingerprint density at radius 2 is 1.19 bits per heavy atom. The molecule has 26 heavy (non-hydrogen) atoms. The number of carbonyl (C=O) groups is 2. The van der Waals surface area contributed by atoms with Gasteiger partial charge in [0.05, 0.1) is 11.3 Å². The summed E-state index contributed by atoms with van der Waals surface area (Å²) in [4.78, 5) is 24.1. The van der Waals surface area contributed by atoms with E-state index in [2.05, 4.69) is 5.23 Å². The smallest absolute Gasteiger partial charge is 0.320 e. The first-order valence-corrected chi connectivity index (χ1v) is 9.05. The van der Waals surface area contributed by atoms with Gasteiger partial charge in [0.25, 0.3) is 0 Å². The van der Waals surface area contributed by atoms with E-state index in [1.54, 1.807) is 0 Å². The Balaban J connectivity index is 2.63. The van der Waals surface area contributed by atoms with Crippen LogP contribution >= 0.6 is 34.8 Å². The largest absolute Gasteiger partial charge is 0.419 e. The zero-order valence-corrected chi connectivity index (χ0v) is 16.6. The van der Waals surface area contributed by atoms with Crippen LogP contribution in [0.5, 0.6) is 0 Å². The van der Waals surface area contributed by atoms with Crippen LogP contribution in [0.15, 0.2) is 71.9 Å². The Morgan fingerprint density at radius 3 is 1.50 bits per heavy atom. The minimum atomic E-state index is -1.96. The highest BCUT2D eigenvalue weighted by atomic mass is 35.6. The minimum absolute atomic E-state index is 0.0276. The molecule has 0 aromatic heterocycles. The fraction of sp³-hybridized carbons (Fsp3) is 0.158. The van der Waals surface area contributed by atoms with Crippen LogP contribution in [0.1, 0.15) is 13.8 Å². The molecule has 0 saturated heterocycles. The Kier molecular flexibility index (Phi) is 6.93. The first-order valence-electron chi connectivity index (χ1n) is 7.91. The first-order chi connectivity index (χ1) is 12.2. The molecule has 2 rings (SSSR count). The summed E-state index contributed by atoms with van der Waals surface area (Å²) < 4.78 is -1.96. The highest BCUT2D eigenvalue weighted by Gasteiger charge is 2.35. The predicted octanol–water partition coefficient (Wildman–Crippen LogP) is 3.18. The van der Waals surface area contributed by atoms with Gasteiger partial charge in [0, 0.05) is 0 Å². The lowest BCUT2D eigenvalue weighted by Crippen LogP contribution is -2.55. The summed E-state index contributed by atoms with van der Waals surface area (Å²) in [6.07, 6.45) is 0. The Bertz CT molecular complexity index is 762. The van der Waals surface area contributed by atoms with Crippen molar-refractivity contribution in [2.45, 2.75) is 17.6 Å². The van der Waals surface area contributed by atoms with E-state index in [4.69, 9.17) is 34.8 Å². The van der Waals surface area contributed by atoms with Crippen molar-refractivity contribution in [1.82, 2.24) is 5.23 Å². The van der Waals surface area contributed by atoms with Crippen LogP contribution in [0.2, 0.25) is 0 Å². The van der Waals surface area contributed by atoms with Gasteiger partial charge in [0.15, 0.2) is 11.6 Å². The lowest BCUT2D eigenvalue weighted by atomic mass is 9.50. The molecular formula is C19H17BCl3NO2.